The molecule has 0 saturated carbocycles. The monoisotopic (exact) mass is 419 g/mol. The highest BCUT2D eigenvalue weighted by molar-refractivity contribution is 7.99. The Bertz CT molecular complexity index is 769. The zero-order valence-corrected chi connectivity index (χ0v) is 18.7. The second-order valence-corrected chi connectivity index (χ2v) is 9.05. The number of thioether (sulfide) groups is 1. The van der Waals surface area contributed by atoms with E-state index in [-0.39, 0.29) is 6.54 Å². The van der Waals surface area contributed by atoms with Crippen LogP contribution in [0.3, 0.4) is 0 Å². The molecule has 0 aliphatic rings. The molecule has 0 heterocycles. The Kier molecular flexibility index (Phi) is 9.12. The summed E-state index contributed by atoms with van der Waals surface area (Å²) >= 11 is 1.54. The van der Waals surface area contributed by atoms with Crippen molar-refractivity contribution in [2.75, 3.05) is 12.3 Å². The third-order valence-corrected chi connectivity index (χ3v) is 3.96. The average Bonchev–Trinajstić information content (AvgIpc) is 2.56. The molecular weight excluding hydrogens is 390 g/mol. The molecule has 0 spiro atoms. The van der Waals surface area contributed by atoms with Crippen LogP contribution in [0.4, 0.5) is 9.59 Å². The van der Waals surface area contributed by atoms with Gasteiger partial charge in [0, 0.05) is 4.90 Å². The van der Waals surface area contributed by atoms with E-state index < -0.39 is 23.5 Å². The molecule has 0 N–H and O–H groups in total. The first-order valence-corrected chi connectivity index (χ1v) is 10.1. The van der Waals surface area contributed by atoms with Crippen molar-refractivity contribution >= 4 is 30.1 Å². The van der Waals surface area contributed by atoms with Crippen LogP contribution in [0.1, 0.15) is 47.1 Å². The fourth-order valence-electron chi connectivity index (χ4n) is 1.97. The van der Waals surface area contributed by atoms with E-state index in [1.165, 1.54) is 11.8 Å². The largest absolute Gasteiger partial charge is 0.534 e. The Morgan fingerprint density at radius 3 is 2.31 bits per heavy atom. The first-order chi connectivity index (χ1) is 13.4. The summed E-state index contributed by atoms with van der Waals surface area (Å²) in [6, 6.07) is 7.73. The van der Waals surface area contributed by atoms with E-state index in [9.17, 15) is 9.59 Å². The number of terminal acetylenes is 1. The summed E-state index contributed by atoms with van der Waals surface area (Å²) in [7, 11) is 0. The van der Waals surface area contributed by atoms with Gasteiger partial charge in [-0.05, 0) is 53.2 Å². The van der Waals surface area contributed by atoms with Gasteiger partial charge in [-0.2, -0.15) is 0 Å². The maximum absolute atomic E-state index is 12.4. The van der Waals surface area contributed by atoms with Crippen LogP contribution in [0.25, 0.3) is 6.08 Å². The van der Waals surface area contributed by atoms with E-state index >= 15 is 0 Å². The zero-order valence-electron chi connectivity index (χ0n) is 17.9. The highest BCUT2D eigenvalue weighted by Crippen LogP contribution is 2.23. The Morgan fingerprint density at radius 1 is 1.10 bits per heavy atom. The molecule has 0 bridgehead atoms. The lowest BCUT2D eigenvalue weighted by molar-refractivity contribution is -0.130. The zero-order chi connectivity index (χ0) is 22.1. The molecule has 6 nitrogen and oxygen atoms in total. The molecule has 1 rings (SSSR count). The standard InChI is InChI=1S/C22H29NO5S/c1-8-16-29-18-14-10-9-12-17(18)13-11-15-23(19(24)26-21(2,3)4)28-20(25)27-22(5,6)7/h1,9-14H,15-16H2,2-7H3/b13-11+. The Labute approximate surface area is 177 Å². The molecule has 7 heteroatoms. The van der Waals surface area contributed by atoms with E-state index in [2.05, 4.69) is 5.92 Å². The van der Waals surface area contributed by atoms with E-state index in [1.807, 2.05) is 30.3 Å². The topological polar surface area (TPSA) is 65.1 Å². The molecule has 1 aromatic carbocycles. The van der Waals surface area contributed by atoms with Crippen LogP contribution in [-0.2, 0) is 14.3 Å². The van der Waals surface area contributed by atoms with Gasteiger partial charge in [-0.1, -0.05) is 36.3 Å². The number of nitrogens with zero attached hydrogens (tertiary/aromatic N) is 1. The lowest BCUT2D eigenvalue weighted by atomic mass is 10.2. The SMILES string of the molecule is C#CCSc1ccccc1/C=C/CN(OC(=O)OC(C)(C)C)C(=O)OC(C)(C)C. The van der Waals surface area contributed by atoms with Crippen LogP contribution in [0.2, 0.25) is 0 Å². The molecule has 158 valence electrons. The fourth-order valence-corrected chi connectivity index (χ4v) is 2.68. The van der Waals surface area contributed by atoms with Gasteiger partial charge in [0.2, 0.25) is 0 Å². The Hall–Kier alpha value is -2.59. The molecule has 0 saturated heterocycles. The predicted octanol–water partition coefficient (Wildman–Crippen LogP) is 5.53. The number of hydroxylamine groups is 2. The minimum absolute atomic E-state index is 0.0116. The number of rotatable bonds is 5. The minimum atomic E-state index is -0.985. The smallest absolute Gasteiger partial charge is 0.442 e. The van der Waals surface area contributed by atoms with Crippen molar-refractivity contribution in [3.05, 3.63) is 35.9 Å². The van der Waals surface area contributed by atoms with Crippen LogP contribution in [0.15, 0.2) is 35.2 Å². The summed E-state index contributed by atoms with van der Waals surface area (Å²) < 4.78 is 10.4. The Morgan fingerprint density at radius 2 is 1.72 bits per heavy atom. The molecule has 0 aromatic heterocycles. The quantitative estimate of drug-likeness (QED) is 0.271. The molecule has 1 aromatic rings. The predicted molar refractivity (Wildman–Crippen MR) is 115 cm³/mol. The van der Waals surface area contributed by atoms with Gasteiger partial charge in [-0.25, -0.2) is 9.59 Å². The van der Waals surface area contributed by atoms with Gasteiger partial charge >= 0.3 is 12.2 Å². The van der Waals surface area contributed by atoms with Crippen LogP contribution in [0.5, 0.6) is 0 Å². The van der Waals surface area contributed by atoms with Gasteiger partial charge in [0.05, 0.1) is 12.3 Å². The lowest BCUT2D eigenvalue weighted by Crippen LogP contribution is -2.39. The molecule has 29 heavy (non-hydrogen) atoms. The van der Waals surface area contributed by atoms with Gasteiger partial charge in [0.25, 0.3) is 0 Å². The van der Waals surface area contributed by atoms with Gasteiger partial charge in [0.1, 0.15) is 11.2 Å². The molecule has 1 amide bonds. The van der Waals surface area contributed by atoms with Crippen LogP contribution in [0, 0.1) is 12.3 Å². The lowest BCUT2D eigenvalue weighted by Gasteiger charge is -2.26. The highest BCUT2D eigenvalue weighted by atomic mass is 32.2. The van der Waals surface area contributed by atoms with E-state index in [0.717, 1.165) is 15.5 Å². The molecule has 0 aliphatic heterocycles. The Balaban J connectivity index is 2.92. The van der Waals surface area contributed by atoms with E-state index in [4.69, 9.17) is 20.7 Å². The number of carbonyl (C=O) groups excluding carboxylic acids is 2. The van der Waals surface area contributed by atoms with E-state index in [1.54, 1.807) is 47.6 Å². The molecule has 0 atom stereocenters. The minimum Gasteiger partial charge on any atom is -0.442 e. The van der Waals surface area contributed by atoms with Crippen LogP contribution < -0.4 is 0 Å². The van der Waals surface area contributed by atoms with Crippen molar-refractivity contribution in [1.29, 1.82) is 0 Å². The normalized spacial score (nSPS) is 11.6. The molecule has 0 radical (unpaired) electrons. The van der Waals surface area contributed by atoms with Crippen molar-refractivity contribution in [2.45, 2.75) is 57.6 Å². The number of benzene rings is 1. The second-order valence-electron chi connectivity index (χ2n) is 8.03. The maximum Gasteiger partial charge on any atom is 0.534 e. The average molecular weight is 420 g/mol. The van der Waals surface area contributed by atoms with Gasteiger partial charge < -0.3 is 9.47 Å². The van der Waals surface area contributed by atoms with Crippen molar-refractivity contribution in [3.8, 4) is 12.3 Å². The van der Waals surface area contributed by atoms with Crippen molar-refractivity contribution < 1.29 is 23.9 Å². The molecule has 0 unspecified atom stereocenters. The van der Waals surface area contributed by atoms with Crippen molar-refractivity contribution in [1.82, 2.24) is 5.06 Å². The summed E-state index contributed by atoms with van der Waals surface area (Å²) in [4.78, 5) is 30.5. The highest BCUT2D eigenvalue weighted by Gasteiger charge is 2.27. The number of carbonyl (C=O) groups is 2. The molecule has 0 fully saturated rings. The number of amides is 1. The van der Waals surface area contributed by atoms with Gasteiger partial charge in [-0.15, -0.1) is 23.2 Å². The summed E-state index contributed by atoms with van der Waals surface area (Å²) in [5.41, 5.74) is -0.553. The van der Waals surface area contributed by atoms with Gasteiger partial charge in [0.15, 0.2) is 0 Å². The first kappa shape index (κ1) is 24.4. The van der Waals surface area contributed by atoms with Crippen molar-refractivity contribution in [3.63, 3.8) is 0 Å². The number of ether oxygens (including phenoxy) is 2. The van der Waals surface area contributed by atoms with Crippen LogP contribution in [-0.4, -0.2) is 40.8 Å². The first-order valence-electron chi connectivity index (χ1n) is 9.14. The third kappa shape index (κ3) is 10.5. The van der Waals surface area contributed by atoms with E-state index in [0.29, 0.717) is 5.75 Å². The number of hydrogen-bond donors (Lipinski definition) is 0. The molecule has 0 aliphatic carbocycles. The van der Waals surface area contributed by atoms with Crippen LogP contribution >= 0.6 is 11.8 Å². The summed E-state index contributed by atoms with van der Waals surface area (Å²) in [5.74, 6) is 3.14. The van der Waals surface area contributed by atoms with Crippen molar-refractivity contribution in [2.24, 2.45) is 0 Å². The third-order valence-electron chi connectivity index (χ3n) is 2.97. The summed E-state index contributed by atoms with van der Waals surface area (Å²) in [6.45, 7) is 10.3. The summed E-state index contributed by atoms with van der Waals surface area (Å²) in [6.07, 6.45) is 7.09. The second kappa shape index (κ2) is 10.8. The van der Waals surface area contributed by atoms with Gasteiger partial charge in [-0.3, -0.25) is 4.84 Å². The summed E-state index contributed by atoms with van der Waals surface area (Å²) in [5, 5.41) is 0.826. The number of hydrogen-bond acceptors (Lipinski definition) is 6. The fraction of sp³-hybridized carbons (Fsp3) is 0.455. The maximum atomic E-state index is 12.4. The molecular formula is C22H29NO5S.